The zero-order valence-corrected chi connectivity index (χ0v) is 36.8. The van der Waals surface area contributed by atoms with Crippen LogP contribution in [0.15, 0.2) is 32.0 Å². The number of carbonyl (C=O) groups excluding carboxylic acids is 2. The van der Waals surface area contributed by atoms with E-state index < -0.39 is 17.7 Å². The van der Waals surface area contributed by atoms with Gasteiger partial charge in [0.05, 0.1) is 72.5 Å². The first-order chi connectivity index (χ1) is 30.6. The molecular weight excluding hydrogens is 809 g/mol. The third-order valence-electron chi connectivity index (χ3n) is 17.7. The molecular formula is C48H64N4O11. The van der Waals surface area contributed by atoms with E-state index in [0.717, 1.165) is 75.5 Å². The number of cyclic esters (lactones) is 2. The van der Waals surface area contributed by atoms with Crippen molar-refractivity contribution in [3.8, 4) is 0 Å². The second-order valence-electron chi connectivity index (χ2n) is 20.4. The summed E-state index contributed by atoms with van der Waals surface area (Å²) in [6.07, 6.45) is 12.0. The Labute approximate surface area is 368 Å². The maximum Gasteiger partial charge on any atom is 0.343 e. The summed E-state index contributed by atoms with van der Waals surface area (Å²) in [5.41, 5.74) is 2.27. The third-order valence-corrected chi connectivity index (χ3v) is 17.7. The molecule has 11 rings (SSSR count). The molecule has 0 spiro atoms. The molecule has 10 aliphatic rings. The molecule has 8 unspecified atom stereocenters. The van der Waals surface area contributed by atoms with Crippen LogP contribution in [0.5, 0.6) is 0 Å². The van der Waals surface area contributed by atoms with Crippen LogP contribution in [0, 0.1) is 41.4 Å². The van der Waals surface area contributed by atoms with Gasteiger partial charge in [-0.2, -0.15) is 0 Å². The van der Waals surface area contributed by atoms with Crippen LogP contribution in [0.25, 0.3) is 0 Å². The molecule has 5 aliphatic carbocycles. The Bertz CT molecular complexity index is 2130. The van der Waals surface area contributed by atoms with Crippen LogP contribution in [0.1, 0.15) is 107 Å². The Hall–Kier alpha value is -3.31. The third kappa shape index (κ3) is 6.87. The van der Waals surface area contributed by atoms with Crippen LogP contribution in [0.2, 0.25) is 0 Å². The van der Waals surface area contributed by atoms with Crippen molar-refractivity contribution in [2.24, 2.45) is 51.4 Å². The molecule has 2 saturated heterocycles. The molecule has 5 saturated carbocycles. The lowest BCUT2D eigenvalue weighted by Crippen LogP contribution is -2.63. The summed E-state index contributed by atoms with van der Waals surface area (Å²) in [4.78, 5) is 51.3. The van der Waals surface area contributed by atoms with Crippen LogP contribution >= 0.6 is 0 Å². The first-order valence-corrected chi connectivity index (χ1v) is 24.0. The average Bonchev–Trinajstić information content (AvgIpc) is 4.03. The number of aliphatic hydroxyl groups excluding tert-OH is 1. The second kappa shape index (κ2) is 16.5. The predicted molar refractivity (Wildman–Crippen MR) is 228 cm³/mol. The maximum absolute atomic E-state index is 14.0. The van der Waals surface area contributed by atoms with Crippen molar-refractivity contribution in [3.63, 3.8) is 0 Å². The van der Waals surface area contributed by atoms with Crippen molar-refractivity contribution >= 4 is 23.9 Å². The zero-order valence-electron chi connectivity index (χ0n) is 36.8. The molecule has 1 aromatic heterocycles. The van der Waals surface area contributed by atoms with Gasteiger partial charge in [0.2, 0.25) is 0 Å². The lowest BCUT2D eigenvalue weighted by atomic mass is 9.51. The fraction of sp³-hybridized carbons (Fsp3) is 0.771. The van der Waals surface area contributed by atoms with Gasteiger partial charge in [-0.25, -0.2) is 4.79 Å². The number of aliphatic imine (C=N–C) groups is 2. The molecule has 0 amide bonds. The Kier molecular flexibility index (Phi) is 11.1. The number of aromatic nitrogens is 1. The summed E-state index contributed by atoms with van der Waals surface area (Å²) in [6, 6.07) is 2.47. The standard InChI is InChI=1S/C48H64N4O11/c1-4-48(57)33-17-35-43-30(19-52(35)45(54)31(33)20-61-47(48)56)29(26-7-5-6-8-34(26)51-43)18-49-24-9-11-25(12-10-24)50-42-28-16-37-36(62-22-63-37)15-27(28)40(41-32(42)21-60-46(41)55)23-13-38(58-2)44(53)39(14-23)59-3/h17-18,23-28,32,34,36-42,44,50,53,57H,4-16,19-22H2,1-3H3/t23?,24?,25?,26?,27?,28?,32-,34?,36?,37?,38?,39?,40+,41-,42+,44?,48-/m0/s1. The molecule has 15 nitrogen and oxygen atoms in total. The summed E-state index contributed by atoms with van der Waals surface area (Å²) in [6.45, 7) is 2.70. The van der Waals surface area contributed by atoms with Gasteiger partial charge in [0.25, 0.3) is 5.56 Å². The highest BCUT2D eigenvalue weighted by atomic mass is 16.7. The van der Waals surface area contributed by atoms with E-state index in [9.17, 15) is 24.6 Å². The van der Waals surface area contributed by atoms with E-state index in [1.165, 1.54) is 5.57 Å². The van der Waals surface area contributed by atoms with E-state index in [2.05, 4.69) is 11.5 Å². The molecule has 0 radical (unpaired) electrons. The van der Waals surface area contributed by atoms with Gasteiger partial charge in [-0.15, -0.1) is 0 Å². The fourth-order valence-electron chi connectivity index (χ4n) is 14.5. The summed E-state index contributed by atoms with van der Waals surface area (Å²) in [7, 11) is 3.30. The quantitative estimate of drug-likeness (QED) is 0.255. The van der Waals surface area contributed by atoms with E-state index in [-0.39, 0.29) is 115 Å². The number of nitrogens with one attached hydrogen (secondary N) is 1. The molecule has 15 heteroatoms. The Balaban J connectivity index is 0.826. The van der Waals surface area contributed by atoms with E-state index in [1.807, 2.05) is 6.07 Å². The molecule has 342 valence electrons. The second-order valence-corrected chi connectivity index (χ2v) is 20.4. The number of rotatable bonds is 8. The van der Waals surface area contributed by atoms with Gasteiger partial charge >= 0.3 is 11.9 Å². The van der Waals surface area contributed by atoms with Gasteiger partial charge in [0.15, 0.2) is 5.60 Å². The van der Waals surface area contributed by atoms with Crippen molar-refractivity contribution in [2.75, 3.05) is 27.6 Å². The zero-order chi connectivity index (χ0) is 43.3. The summed E-state index contributed by atoms with van der Waals surface area (Å²) >= 11 is 0. The van der Waals surface area contributed by atoms with E-state index in [0.29, 0.717) is 49.6 Å². The lowest BCUT2D eigenvalue weighted by Gasteiger charge is -2.56. The number of nitrogens with zero attached hydrogens (tertiary/aromatic N) is 3. The lowest BCUT2D eigenvalue weighted by molar-refractivity contribution is -0.172. The Morgan fingerprint density at radius 1 is 0.952 bits per heavy atom. The van der Waals surface area contributed by atoms with Crippen LogP contribution in [-0.4, -0.2) is 121 Å². The van der Waals surface area contributed by atoms with Crippen molar-refractivity contribution in [3.05, 3.63) is 44.4 Å². The SMILES string of the molecule is CC[C@@]1(O)C(=O)OCc2c1cc1n(c2=O)CC2=C(C=NC3CCC(N[C@@H]4C5CC6OCOC6CC5[C@@H](C5CC(OC)C(O)C(OC)C5)[C@H]5C(=O)OC[C@@H]54)CC3)C3CCCCC3N=C21. The summed E-state index contributed by atoms with van der Waals surface area (Å²) < 4.78 is 37.0. The molecule has 6 heterocycles. The average molecular weight is 873 g/mol. The minimum atomic E-state index is -1.86. The smallest absolute Gasteiger partial charge is 0.343 e. The number of fused-ring (bicyclic) bond motifs is 8. The molecule has 0 bridgehead atoms. The number of ether oxygens (including phenoxy) is 6. The largest absolute Gasteiger partial charge is 0.465 e. The molecule has 63 heavy (non-hydrogen) atoms. The molecule has 5 aliphatic heterocycles. The number of pyridine rings is 1. The van der Waals surface area contributed by atoms with Crippen LogP contribution < -0.4 is 10.9 Å². The van der Waals surface area contributed by atoms with E-state index >= 15 is 0 Å². The predicted octanol–water partition coefficient (Wildman–Crippen LogP) is 3.50. The molecule has 3 N–H and O–H groups in total. The first-order valence-electron chi connectivity index (χ1n) is 24.0. The number of esters is 2. The monoisotopic (exact) mass is 872 g/mol. The van der Waals surface area contributed by atoms with Crippen molar-refractivity contribution in [1.82, 2.24) is 9.88 Å². The number of dihydropyridines is 1. The van der Waals surface area contributed by atoms with Crippen molar-refractivity contribution < 1.29 is 48.2 Å². The first kappa shape index (κ1) is 42.3. The normalized spacial score (nSPS) is 44.1. The molecule has 13 atom stereocenters. The van der Waals surface area contributed by atoms with Crippen molar-refractivity contribution in [1.29, 1.82) is 0 Å². The minimum absolute atomic E-state index is 0.0137. The van der Waals surface area contributed by atoms with Gasteiger partial charge in [-0.3, -0.25) is 19.6 Å². The topological polar surface area (TPSA) is 189 Å². The van der Waals surface area contributed by atoms with Gasteiger partial charge in [-0.1, -0.05) is 19.8 Å². The number of carbonyl (C=O) groups is 2. The molecule has 1 aromatic rings. The van der Waals surface area contributed by atoms with Crippen LogP contribution in [0.3, 0.4) is 0 Å². The summed E-state index contributed by atoms with van der Waals surface area (Å²) in [5, 5.41) is 26.6. The summed E-state index contributed by atoms with van der Waals surface area (Å²) in [5.74, 6) is -0.0318. The Morgan fingerprint density at radius 2 is 1.68 bits per heavy atom. The number of hydrogen-bond donors (Lipinski definition) is 3. The highest BCUT2D eigenvalue weighted by Crippen LogP contribution is 2.57. The van der Waals surface area contributed by atoms with Gasteiger partial charge < -0.3 is 48.5 Å². The van der Waals surface area contributed by atoms with E-state index in [1.54, 1.807) is 25.7 Å². The van der Waals surface area contributed by atoms with E-state index in [4.69, 9.17) is 38.4 Å². The van der Waals surface area contributed by atoms with Gasteiger partial charge in [0, 0.05) is 55.5 Å². The highest BCUT2D eigenvalue weighted by Gasteiger charge is 2.62. The van der Waals surface area contributed by atoms with Crippen molar-refractivity contribution in [2.45, 2.75) is 164 Å². The molecule has 0 aromatic carbocycles. The highest BCUT2D eigenvalue weighted by molar-refractivity contribution is 6.17. The van der Waals surface area contributed by atoms with Crippen LogP contribution in [-0.2, 0) is 56.8 Å². The number of hydrogen-bond acceptors (Lipinski definition) is 14. The van der Waals surface area contributed by atoms with Gasteiger partial charge in [-0.05, 0) is 106 Å². The Morgan fingerprint density at radius 3 is 2.41 bits per heavy atom. The minimum Gasteiger partial charge on any atom is -0.465 e. The maximum atomic E-state index is 14.0. The van der Waals surface area contributed by atoms with Crippen LogP contribution in [0.4, 0.5) is 0 Å². The number of methoxy groups -OCH3 is 2. The number of aliphatic hydroxyl groups is 2. The van der Waals surface area contributed by atoms with Gasteiger partial charge in [0.1, 0.15) is 19.5 Å². The molecule has 7 fully saturated rings. The number of allylic oxidation sites excluding steroid dienone is 1. The fourth-order valence-corrected chi connectivity index (χ4v) is 14.5.